The predicted molar refractivity (Wildman–Crippen MR) is 90.2 cm³/mol. The smallest absolute Gasteiger partial charge is 0.262 e. The summed E-state index contributed by atoms with van der Waals surface area (Å²) in [5.41, 5.74) is 1.96. The second-order valence-corrected chi connectivity index (χ2v) is 5.27. The molecule has 120 valence electrons. The van der Waals surface area contributed by atoms with Gasteiger partial charge in [-0.25, -0.2) is 0 Å². The number of nitrogens with zero attached hydrogens (tertiary/aromatic N) is 3. The van der Waals surface area contributed by atoms with Gasteiger partial charge < -0.3 is 9.64 Å². The number of rotatable bonds is 6. The van der Waals surface area contributed by atoms with Crippen molar-refractivity contribution in [3.8, 4) is 29.0 Å². The average Bonchev–Trinajstić information content (AvgIpc) is 2.61. The quantitative estimate of drug-likeness (QED) is 0.757. The van der Waals surface area contributed by atoms with Crippen LogP contribution < -0.4 is 4.74 Å². The molecule has 2 aromatic rings. The Morgan fingerprint density at radius 3 is 2.29 bits per heavy atom. The summed E-state index contributed by atoms with van der Waals surface area (Å²) >= 11 is 6.21. The van der Waals surface area contributed by atoms with Gasteiger partial charge in [0.05, 0.1) is 17.2 Å². The third kappa shape index (κ3) is 4.49. The van der Waals surface area contributed by atoms with Crippen LogP contribution in [0, 0.1) is 22.7 Å². The van der Waals surface area contributed by atoms with Gasteiger partial charge in [-0.1, -0.05) is 48.0 Å². The van der Waals surface area contributed by atoms with E-state index in [1.54, 1.807) is 12.1 Å². The van der Waals surface area contributed by atoms with E-state index < -0.39 is 5.91 Å². The van der Waals surface area contributed by atoms with Gasteiger partial charge >= 0.3 is 0 Å². The molecular weight excluding hydrogens is 326 g/mol. The van der Waals surface area contributed by atoms with Crippen molar-refractivity contribution in [2.75, 3.05) is 19.7 Å². The van der Waals surface area contributed by atoms with E-state index in [2.05, 4.69) is 0 Å². The van der Waals surface area contributed by atoms with Crippen LogP contribution in [0.25, 0.3) is 11.1 Å². The standard InChI is InChI=1S/C18H14ClN3O2/c19-16-12-15(14-4-2-1-3-5-14)6-7-17(16)24-13-18(23)22(10-8-20)11-9-21/h1-7,12H,10-11,13H2. The van der Waals surface area contributed by atoms with E-state index in [1.807, 2.05) is 48.5 Å². The molecule has 0 aliphatic rings. The molecule has 0 aromatic heterocycles. The van der Waals surface area contributed by atoms with Gasteiger partial charge in [-0.05, 0) is 23.3 Å². The van der Waals surface area contributed by atoms with Crippen molar-refractivity contribution in [2.24, 2.45) is 0 Å². The zero-order valence-corrected chi connectivity index (χ0v) is 13.5. The molecule has 0 spiro atoms. The third-order valence-corrected chi connectivity index (χ3v) is 3.56. The molecule has 0 saturated heterocycles. The topological polar surface area (TPSA) is 77.1 Å². The number of benzene rings is 2. The monoisotopic (exact) mass is 339 g/mol. The highest BCUT2D eigenvalue weighted by Crippen LogP contribution is 2.30. The highest BCUT2D eigenvalue weighted by Gasteiger charge is 2.14. The average molecular weight is 340 g/mol. The zero-order chi connectivity index (χ0) is 17.4. The maximum atomic E-state index is 12.0. The first-order chi connectivity index (χ1) is 11.7. The van der Waals surface area contributed by atoms with Gasteiger partial charge in [0.25, 0.3) is 5.91 Å². The Bertz CT molecular complexity index is 778. The Morgan fingerprint density at radius 1 is 1.04 bits per heavy atom. The van der Waals surface area contributed by atoms with Gasteiger partial charge in [0.15, 0.2) is 6.61 Å². The second kappa shape index (κ2) is 8.57. The van der Waals surface area contributed by atoms with Crippen molar-refractivity contribution in [1.29, 1.82) is 10.5 Å². The van der Waals surface area contributed by atoms with Crippen LogP contribution in [-0.2, 0) is 4.79 Å². The fraction of sp³-hybridized carbons (Fsp3) is 0.167. The van der Waals surface area contributed by atoms with Gasteiger partial charge in [-0.15, -0.1) is 0 Å². The van der Waals surface area contributed by atoms with E-state index in [4.69, 9.17) is 26.9 Å². The van der Waals surface area contributed by atoms with Gasteiger partial charge in [-0.2, -0.15) is 10.5 Å². The van der Waals surface area contributed by atoms with Crippen LogP contribution in [0.5, 0.6) is 5.75 Å². The highest BCUT2D eigenvalue weighted by atomic mass is 35.5. The molecule has 0 saturated carbocycles. The lowest BCUT2D eigenvalue weighted by Gasteiger charge is -2.16. The minimum Gasteiger partial charge on any atom is -0.482 e. The minimum absolute atomic E-state index is 0.156. The fourth-order valence-electron chi connectivity index (χ4n) is 2.06. The summed E-state index contributed by atoms with van der Waals surface area (Å²) in [6.07, 6.45) is 0. The zero-order valence-electron chi connectivity index (χ0n) is 12.8. The molecule has 24 heavy (non-hydrogen) atoms. The number of hydrogen-bond acceptors (Lipinski definition) is 4. The summed E-state index contributed by atoms with van der Waals surface area (Å²) in [6, 6.07) is 18.7. The number of hydrogen-bond donors (Lipinski definition) is 0. The largest absolute Gasteiger partial charge is 0.482 e. The number of amides is 1. The Kier molecular flexibility index (Phi) is 6.19. The summed E-state index contributed by atoms with van der Waals surface area (Å²) in [4.78, 5) is 13.1. The van der Waals surface area contributed by atoms with Crippen molar-refractivity contribution < 1.29 is 9.53 Å². The molecule has 0 fully saturated rings. The number of carbonyl (C=O) groups is 1. The number of nitriles is 2. The molecule has 0 unspecified atom stereocenters. The molecule has 0 radical (unpaired) electrons. The third-order valence-electron chi connectivity index (χ3n) is 3.27. The first-order valence-electron chi connectivity index (χ1n) is 7.15. The van der Waals surface area contributed by atoms with Crippen LogP contribution in [0.4, 0.5) is 0 Å². The van der Waals surface area contributed by atoms with Crippen LogP contribution in [-0.4, -0.2) is 30.5 Å². The Morgan fingerprint density at radius 2 is 1.71 bits per heavy atom. The van der Waals surface area contributed by atoms with E-state index >= 15 is 0 Å². The lowest BCUT2D eigenvalue weighted by atomic mass is 10.1. The predicted octanol–water partition coefficient (Wildman–Crippen LogP) is 3.26. The van der Waals surface area contributed by atoms with Gasteiger partial charge in [0, 0.05) is 0 Å². The number of ether oxygens (including phenoxy) is 1. The molecule has 2 rings (SSSR count). The molecule has 0 heterocycles. The van der Waals surface area contributed by atoms with Crippen LogP contribution in [0.1, 0.15) is 0 Å². The molecule has 2 aromatic carbocycles. The maximum absolute atomic E-state index is 12.0. The van der Waals surface area contributed by atoms with Crippen molar-refractivity contribution in [2.45, 2.75) is 0 Å². The summed E-state index contributed by atoms with van der Waals surface area (Å²) < 4.78 is 5.42. The van der Waals surface area contributed by atoms with Crippen LogP contribution >= 0.6 is 11.6 Å². The van der Waals surface area contributed by atoms with Crippen molar-refractivity contribution in [3.05, 3.63) is 53.6 Å². The van der Waals surface area contributed by atoms with E-state index in [1.165, 1.54) is 0 Å². The van der Waals surface area contributed by atoms with E-state index in [-0.39, 0.29) is 19.7 Å². The molecule has 6 heteroatoms. The van der Waals surface area contributed by atoms with Gasteiger partial charge in [-0.3, -0.25) is 4.79 Å². The molecule has 0 atom stereocenters. The fourth-order valence-corrected chi connectivity index (χ4v) is 2.30. The molecule has 1 amide bonds. The van der Waals surface area contributed by atoms with Gasteiger partial charge in [0.1, 0.15) is 18.8 Å². The van der Waals surface area contributed by atoms with Crippen LogP contribution in [0.15, 0.2) is 48.5 Å². The van der Waals surface area contributed by atoms with E-state index in [0.717, 1.165) is 16.0 Å². The van der Waals surface area contributed by atoms with E-state index in [0.29, 0.717) is 10.8 Å². The summed E-state index contributed by atoms with van der Waals surface area (Å²) in [7, 11) is 0. The van der Waals surface area contributed by atoms with E-state index in [9.17, 15) is 4.79 Å². The van der Waals surface area contributed by atoms with Crippen LogP contribution in [0.3, 0.4) is 0 Å². The molecule has 0 bridgehead atoms. The van der Waals surface area contributed by atoms with Crippen molar-refractivity contribution in [1.82, 2.24) is 4.90 Å². The molecule has 0 N–H and O–H groups in total. The SMILES string of the molecule is N#CCN(CC#N)C(=O)COc1ccc(-c2ccccc2)cc1Cl. The normalized spacial score (nSPS) is 9.62. The minimum atomic E-state index is -0.443. The summed E-state index contributed by atoms with van der Waals surface area (Å²) in [6.45, 7) is -0.597. The highest BCUT2D eigenvalue weighted by molar-refractivity contribution is 6.32. The maximum Gasteiger partial charge on any atom is 0.262 e. The Hall–Kier alpha value is -3.02. The van der Waals surface area contributed by atoms with Crippen molar-refractivity contribution in [3.63, 3.8) is 0 Å². The second-order valence-electron chi connectivity index (χ2n) is 4.87. The number of carbonyl (C=O) groups excluding carboxylic acids is 1. The van der Waals surface area contributed by atoms with Gasteiger partial charge in [0.2, 0.25) is 0 Å². The first-order valence-corrected chi connectivity index (χ1v) is 7.53. The Balaban J connectivity index is 2.05. The molecule has 5 nitrogen and oxygen atoms in total. The molecule has 0 aliphatic heterocycles. The first kappa shape index (κ1) is 17.3. The molecule has 0 aliphatic carbocycles. The number of halogens is 1. The summed E-state index contributed by atoms with van der Waals surface area (Å²) in [5, 5.41) is 17.7. The summed E-state index contributed by atoms with van der Waals surface area (Å²) in [5.74, 6) is -0.0696. The molecular formula is C18H14ClN3O2. The lowest BCUT2D eigenvalue weighted by molar-refractivity contribution is -0.132. The lowest BCUT2D eigenvalue weighted by Crippen LogP contribution is -2.35. The Labute approximate surface area is 145 Å². The van der Waals surface area contributed by atoms with Crippen LogP contribution in [0.2, 0.25) is 5.02 Å². The van der Waals surface area contributed by atoms with Crippen molar-refractivity contribution >= 4 is 17.5 Å².